The molecule has 1 atom stereocenters. The lowest BCUT2D eigenvalue weighted by Gasteiger charge is -2.11. The fourth-order valence-corrected chi connectivity index (χ4v) is 2.39. The average Bonchev–Trinajstić information content (AvgIpc) is 2.34. The SMILES string of the molecule is CCN1CCC(SC(C)=O)C1. The van der Waals surface area contributed by atoms with E-state index in [1.165, 1.54) is 24.7 Å². The molecular weight excluding hydrogens is 158 g/mol. The van der Waals surface area contributed by atoms with Gasteiger partial charge in [-0.25, -0.2) is 0 Å². The molecule has 1 saturated heterocycles. The summed E-state index contributed by atoms with van der Waals surface area (Å²) in [6, 6.07) is 0. The Balaban J connectivity index is 2.24. The topological polar surface area (TPSA) is 20.3 Å². The molecule has 0 radical (unpaired) electrons. The van der Waals surface area contributed by atoms with Crippen LogP contribution in [0.2, 0.25) is 0 Å². The van der Waals surface area contributed by atoms with Crippen LogP contribution < -0.4 is 0 Å². The first-order chi connectivity index (χ1) is 5.22. The average molecular weight is 173 g/mol. The molecule has 0 aromatic rings. The predicted molar refractivity (Wildman–Crippen MR) is 48.8 cm³/mol. The van der Waals surface area contributed by atoms with Gasteiger partial charge in [0.2, 0.25) is 0 Å². The first-order valence-corrected chi connectivity index (χ1v) is 5.00. The molecule has 1 aliphatic rings. The molecule has 11 heavy (non-hydrogen) atoms. The van der Waals surface area contributed by atoms with Crippen LogP contribution in [0.1, 0.15) is 20.3 Å². The van der Waals surface area contributed by atoms with E-state index in [1.807, 2.05) is 0 Å². The number of hydrogen-bond acceptors (Lipinski definition) is 3. The molecule has 3 heteroatoms. The monoisotopic (exact) mass is 173 g/mol. The van der Waals surface area contributed by atoms with Crippen LogP contribution in [0.15, 0.2) is 0 Å². The van der Waals surface area contributed by atoms with Crippen molar-refractivity contribution < 1.29 is 4.79 Å². The molecule has 1 fully saturated rings. The number of rotatable bonds is 2. The molecule has 0 saturated carbocycles. The minimum atomic E-state index is 0.257. The highest BCUT2D eigenvalue weighted by atomic mass is 32.2. The molecule has 0 N–H and O–H groups in total. The van der Waals surface area contributed by atoms with Crippen molar-refractivity contribution >= 4 is 16.9 Å². The number of carbonyl (C=O) groups excluding carboxylic acids is 1. The molecule has 0 aliphatic carbocycles. The summed E-state index contributed by atoms with van der Waals surface area (Å²) in [5, 5.41) is 0.820. The van der Waals surface area contributed by atoms with E-state index >= 15 is 0 Å². The Morgan fingerprint density at radius 3 is 2.91 bits per heavy atom. The molecule has 1 rings (SSSR count). The second-order valence-electron chi connectivity index (χ2n) is 2.91. The smallest absolute Gasteiger partial charge is 0.186 e. The van der Waals surface area contributed by atoms with Crippen molar-refractivity contribution in [3.63, 3.8) is 0 Å². The van der Waals surface area contributed by atoms with Gasteiger partial charge >= 0.3 is 0 Å². The molecule has 1 aliphatic heterocycles. The highest BCUT2D eigenvalue weighted by molar-refractivity contribution is 8.14. The Kier molecular flexibility index (Phi) is 3.40. The zero-order chi connectivity index (χ0) is 8.27. The van der Waals surface area contributed by atoms with Gasteiger partial charge in [-0.3, -0.25) is 4.79 Å². The van der Waals surface area contributed by atoms with Gasteiger partial charge in [0.05, 0.1) is 0 Å². The summed E-state index contributed by atoms with van der Waals surface area (Å²) in [5.74, 6) is 0. The van der Waals surface area contributed by atoms with E-state index in [4.69, 9.17) is 0 Å². The second-order valence-corrected chi connectivity index (χ2v) is 4.39. The summed E-state index contributed by atoms with van der Waals surface area (Å²) in [6.45, 7) is 7.21. The van der Waals surface area contributed by atoms with Crippen molar-refractivity contribution in [2.75, 3.05) is 19.6 Å². The van der Waals surface area contributed by atoms with Crippen molar-refractivity contribution in [3.05, 3.63) is 0 Å². The van der Waals surface area contributed by atoms with Crippen molar-refractivity contribution in [3.8, 4) is 0 Å². The Hall–Kier alpha value is -0.0200. The number of carbonyl (C=O) groups is 1. The van der Waals surface area contributed by atoms with E-state index in [0.717, 1.165) is 13.1 Å². The fraction of sp³-hybridized carbons (Fsp3) is 0.875. The van der Waals surface area contributed by atoms with Crippen molar-refractivity contribution in [1.29, 1.82) is 0 Å². The van der Waals surface area contributed by atoms with Crippen molar-refractivity contribution in [1.82, 2.24) is 4.90 Å². The van der Waals surface area contributed by atoms with Crippen LogP contribution in [0.4, 0.5) is 0 Å². The lowest BCUT2D eigenvalue weighted by Crippen LogP contribution is -2.20. The van der Waals surface area contributed by atoms with Gasteiger partial charge in [-0.2, -0.15) is 0 Å². The van der Waals surface area contributed by atoms with Gasteiger partial charge in [0.15, 0.2) is 5.12 Å². The Morgan fingerprint density at radius 2 is 2.45 bits per heavy atom. The molecule has 64 valence electrons. The van der Waals surface area contributed by atoms with Gasteiger partial charge in [0, 0.05) is 18.7 Å². The summed E-state index contributed by atoms with van der Waals surface area (Å²) in [7, 11) is 0. The number of hydrogen-bond donors (Lipinski definition) is 0. The summed E-state index contributed by atoms with van der Waals surface area (Å²) in [5.41, 5.74) is 0. The predicted octanol–water partition coefficient (Wildman–Crippen LogP) is 1.36. The van der Waals surface area contributed by atoms with E-state index < -0.39 is 0 Å². The molecule has 0 bridgehead atoms. The highest BCUT2D eigenvalue weighted by Crippen LogP contribution is 2.22. The van der Waals surface area contributed by atoms with Gasteiger partial charge in [0.1, 0.15) is 0 Å². The first-order valence-electron chi connectivity index (χ1n) is 4.12. The van der Waals surface area contributed by atoms with Gasteiger partial charge in [-0.15, -0.1) is 0 Å². The lowest BCUT2D eigenvalue weighted by atomic mass is 10.4. The number of thioether (sulfide) groups is 1. The molecule has 0 spiro atoms. The van der Waals surface area contributed by atoms with Crippen LogP contribution in [-0.2, 0) is 4.79 Å². The largest absolute Gasteiger partial charge is 0.302 e. The third-order valence-electron chi connectivity index (χ3n) is 2.01. The summed E-state index contributed by atoms with van der Waals surface area (Å²) >= 11 is 1.50. The van der Waals surface area contributed by atoms with Gasteiger partial charge in [-0.1, -0.05) is 18.7 Å². The molecular formula is C8H15NOS. The lowest BCUT2D eigenvalue weighted by molar-refractivity contribution is -0.109. The minimum Gasteiger partial charge on any atom is -0.302 e. The molecule has 0 aromatic heterocycles. The quantitative estimate of drug-likeness (QED) is 0.629. The third kappa shape index (κ3) is 2.83. The number of likely N-dealkylation sites (tertiary alicyclic amines) is 1. The zero-order valence-electron chi connectivity index (χ0n) is 7.17. The maximum atomic E-state index is 10.7. The van der Waals surface area contributed by atoms with Crippen LogP contribution in [0, 0.1) is 0 Å². The van der Waals surface area contributed by atoms with E-state index in [2.05, 4.69) is 11.8 Å². The Labute approximate surface area is 72.3 Å². The Bertz CT molecular complexity index is 149. The van der Waals surface area contributed by atoms with E-state index in [0.29, 0.717) is 5.25 Å². The highest BCUT2D eigenvalue weighted by Gasteiger charge is 2.22. The molecule has 0 aromatic carbocycles. The van der Waals surface area contributed by atoms with Gasteiger partial charge in [-0.05, 0) is 19.5 Å². The summed E-state index contributed by atoms with van der Waals surface area (Å²) < 4.78 is 0. The normalized spacial score (nSPS) is 25.8. The first kappa shape index (κ1) is 9.07. The van der Waals surface area contributed by atoms with Crippen LogP contribution in [0.3, 0.4) is 0 Å². The Morgan fingerprint density at radius 1 is 1.73 bits per heavy atom. The second kappa shape index (κ2) is 4.12. The van der Waals surface area contributed by atoms with E-state index in [-0.39, 0.29) is 5.12 Å². The van der Waals surface area contributed by atoms with E-state index in [9.17, 15) is 4.79 Å². The van der Waals surface area contributed by atoms with Gasteiger partial charge in [0.25, 0.3) is 0 Å². The van der Waals surface area contributed by atoms with E-state index in [1.54, 1.807) is 6.92 Å². The van der Waals surface area contributed by atoms with Crippen molar-refractivity contribution in [2.45, 2.75) is 25.5 Å². The summed E-state index contributed by atoms with van der Waals surface area (Å²) in [4.78, 5) is 13.1. The fourth-order valence-electron chi connectivity index (χ4n) is 1.42. The minimum absolute atomic E-state index is 0.257. The zero-order valence-corrected chi connectivity index (χ0v) is 7.99. The third-order valence-corrected chi connectivity index (χ3v) is 3.06. The van der Waals surface area contributed by atoms with Crippen LogP contribution >= 0.6 is 11.8 Å². The van der Waals surface area contributed by atoms with Gasteiger partial charge < -0.3 is 4.90 Å². The maximum absolute atomic E-state index is 10.7. The molecule has 1 unspecified atom stereocenters. The maximum Gasteiger partial charge on any atom is 0.186 e. The molecule has 1 heterocycles. The van der Waals surface area contributed by atoms with Crippen molar-refractivity contribution in [2.24, 2.45) is 0 Å². The summed E-state index contributed by atoms with van der Waals surface area (Å²) in [6.07, 6.45) is 1.18. The van der Waals surface area contributed by atoms with Crippen LogP contribution in [0.25, 0.3) is 0 Å². The molecule has 2 nitrogen and oxygen atoms in total. The standard InChI is InChI=1S/C8H15NOS/c1-3-9-5-4-8(6-9)11-7(2)10/h8H,3-6H2,1-2H3. The molecule has 0 amide bonds. The van der Waals surface area contributed by atoms with Crippen LogP contribution in [-0.4, -0.2) is 34.9 Å². The van der Waals surface area contributed by atoms with Crippen LogP contribution in [0.5, 0.6) is 0 Å². The number of nitrogens with zero attached hydrogens (tertiary/aromatic N) is 1.